The van der Waals surface area contributed by atoms with Gasteiger partial charge in [-0.3, -0.25) is 4.79 Å². The second-order valence-corrected chi connectivity index (χ2v) is 4.04. The average Bonchev–Trinajstić information content (AvgIpc) is 2.32. The van der Waals surface area contributed by atoms with Crippen LogP contribution in [0.25, 0.3) is 0 Å². The minimum atomic E-state index is -0.423. The van der Waals surface area contributed by atoms with E-state index in [-0.39, 0.29) is 6.04 Å². The molecule has 17 heavy (non-hydrogen) atoms. The van der Waals surface area contributed by atoms with Gasteiger partial charge in [0, 0.05) is 0 Å². The maximum Gasteiger partial charge on any atom is 0.273 e. The Labute approximate surface area is 103 Å². The van der Waals surface area contributed by atoms with Crippen LogP contribution < -0.4 is 11.1 Å². The third-order valence-corrected chi connectivity index (χ3v) is 2.57. The van der Waals surface area contributed by atoms with E-state index in [1.165, 1.54) is 6.08 Å². The molecule has 0 spiro atoms. The van der Waals surface area contributed by atoms with Crippen LogP contribution in [0.5, 0.6) is 0 Å². The van der Waals surface area contributed by atoms with Crippen LogP contribution in [-0.2, 0) is 9.59 Å². The van der Waals surface area contributed by atoms with Crippen molar-refractivity contribution in [1.29, 1.82) is 0 Å². The molecule has 0 fully saturated rings. The fourth-order valence-corrected chi connectivity index (χ4v) is 1.58. The van der Waals surface area contributed by atoms with Gasteiger partial charge in [0.2, 0.25) is 6.08 Å². The Morgan fingerprint density at radius 3 is 2.71 bits per heavy atom. The first-order chi connectivity index (χ1) is 8.26. The standard InChI is InChI=1S/C12H23N3O2/c1-2-3-6-9-14-11(7-4-5-8-13)12(17)15-10-16/h11,14H,2-9,13H2,1H3. The van der Waals surface area contributed by atoms with Crippen molar-refractivity contribution in [3.05, 3.63) is 0 Å². The molecule has 0 radical (unpaired) electrons. The predicted molar refractivity (Wildman–Crippen MR) is 67.3 cm³/mol. The SMILES string of the molecule is CCCCCNC(CCCCN)C(=O)N=C=O. The fourth-order valence-electron chi connectivity index (χ4n) is 1.58. The molecule has 1 amide bonds. The minimum absolute atomic E-state index is 0.361. The first-order valence-corrected chi connectivity index (χ1v) is 6.31. The zero-order valence-electron chi connectivity index (χ0n) is 10.6. The second kappa shape index (κ2) is 11.5. The first-order valence-electron chi connectivity index (χ1n) is 6.31. The summed E-state index contributed by atoms with van der Waals surface area (Å²) in [6, 6.07) is -0.361. The summed E-state index contributed by atoms with van der Waals surface area (Å²) < 4.78 is 0. The lowest BCUT2D eigenvalue weighted by atomic mass is 10.1. The molecule has 3 N–H and O–H groups in total. The number of carbonyl (C=O) groups is 1. The summed E-state index contributed by atoms with van der Waals surface area (Å²) in [5, 5.41) is 3.14. The molecular formula is C12H23N3O2. The Hall–Kier alpha value is -1.03. The minimum Gasteiger partial charge on any atom is -0.330 e. The van der Waals surface area contributed by atoms with Gasteiger partial charge in [0.15, 0.2) is 0 Å². The van der Waals surface area contributed by atoms with Gasteiger partial charge in [0.1, 0.15) is 0 Å². The number of rotatable bonds is 10. The molecule has 0 aromatic carbocycles. The van der Waals surface area contributed by atoms with Crippen LogP contribution in [-0.4, -0.2) is 31.1 Å². The highest BCUT2D eigenvalue weighted by molar-refractivity contribution is 5.86. The largest absolute Gasteiger partial charge is 0.330 e. The lowest BCUT2D eigenvalue weighted by molar-refractivity contribution is -0.119. The molecule has 5 nitrogen and oxygen atoms in total. The highest BCUT2D eigenvalue weighted by Crippen LogP contribution is 2.03. The van der Waals surface area contributed by atoms with Crippen molar-refractivity contribution in [3.63, 3.8) is 0 Å². The Kier molecular flexibility index (Phi) is 10.8. The summed E-state index contributed by atoms with van der Waals surface area (Å²) in [6.45, 7) is 3.52. The van der Waals surface area contributed by atoms with Crippen molar-refractivity contribution in [3.8, 4) is 0 Å². The summed E-state index contributed by atoms with van der Waals surface area (Å²) in [7, 11) is 0. The number of isocyanates is 1. The van der Waals surface area contributed by atoms with Gasteiger partial charge in [-0.25, -0.2) is 4.79 Å². The summed E-state index contributed by atoms with van der Waals surface area (Å²) in [6.07, 6.45) is 7.02. The monoisotopic (exact) mass is 241 g/mol. The molecule has 0 bridgehead atoms. The number of hydrogen-bond acceptors (Lipinski definition) is 4. The van der Waals surface area contributed by atoms with Crippen LogP contribution in [0.4, 0.5) is 0 Å². The number of nitrogens with one attached hydrogen (secondary N) is 1. The Morgan fingerprint density at radius 1 is 1.35 bits per heavy atom. The summed E-state index contributed by atoms with van der Waals surface area (Å²) in [5.74, 6) is -0.423. The van der Waals surface area contributed by atoms with E-state index in [0.29, 0.717) is 13.0 Å². The molecule has 0 aliphatic heterocycles. The lowest BCUT2D eigenvalue weighted by Gasteiger charge is -2.14. The zero-order valence-corrected chi connectivity index (χ0v) is 10.6. The molecule has 0 aromatic heterocycles. The molecule has 1 unspecified atom stereocenters. The van der Waals surface area contributed by atoms with Crippen LogP contribution in [0.2, 0.25) is 0 Å². The molecule has 0 aliphatic carbocycles. The van der Waals surface area contributed by atoms with Crippen LogP contribution in [0.15, 0.2) is 4.99 Å². The van der Waals surface area contributed by atoms with Crippen molar-refractivity contribution in [2.75, 3.05) is 13.1 Å². The maximum absolute atomic E-state index is 11.5. The topological polar surface area (TPSA) is 84.5 Å². The molecule has 0 saturated carbocycles. The van der Waals surface area contributed by atoms with Gasteiger partial charge in [-0.05, 0) is 32.4 Å². The molecule has 5 heteroatoms. The summed E-state index contributed by atoms with van der Waals surface area (Å²) in [4.78, 5) is 24.7. The molecule has 0 aromatic rings. The summed E-state index contributed by atoms with van der Waals surface area (Å²) in [5.41, 5.74) is 5.40. The lowest BCUT2D eigenvalue weighted by Crippen LogP contribution is -2.36. The number of hydrogen-bond donors (Lipinski definition) is 2. The van der Waals surface area contributed by atoms with Crippen molar-refractivity contribution in [2.45, 2.75) is 51.5 Å². The Morgan fingerprint density at radius 2 is 2.12 bits per heavy atom. The Balaban J connectivity index is 4.01. The molecule has 0 saturated heterocycles. The predicted octanol–water partition coefficient (Wildman–Crippen LogP) is 1.13. The van der Waals surface area contributed by atoms with Gasteiger partial charge in [-0.2, -0.15) is 0 Å². The van der Waals surface area contributed by atoms with E-state index in [2.05, 4.69) is 17.2 Å². The van der Waals surface area contributed by atoms with E-state index in [9.17, 15) is 9.59 Å². The van der Waals surface area contributed by atoms with Gasteiger partial charge < -0.3 is 11.1 Å². The van der Waals surface area contributed by atoms with E-state index in [1.807, 2.05) is 0 Å². The van der Waals surface area contributed by atoms with E-state index in [4.69, 9.17) is 5.73 Å². The molecular weight excluding hydrogens is 218 g/mol. The number of unbranched alkanes of at least 4 members (excludes halogenated alkanes) is 3. The van der Waals surface area contributed by atoms with Gasteiger partial charge in [-0.1, -0.05) is 26.2 Å². The third-order valence-electron chi connectivity index (χ3n) is 2.57. The van der Waals surface area contributed by atoms with Gasteiger partial charge in [0.25, 0.3) is 5.91 Å². The second-order valence-electron chi connectivity index (χ2n) is 4.04. The summed E-state index contributed by atoms with van der Waals surface area (Å²) >= 11 is 0. The number of carbonyl (C=O) groups excluding carboxylic acids is 2. The number of aliphatic imine (C=N–C) groups is 1. The molecule has 98 valence electrons. The highest BCUT2D eigenvalue weighted by atomic mass is 16.2. The highest BCUT2D eigenvalue weighted by Gasteiger charge is 2.16. The Bertz CT molecular complexity index is 250. The van der Waals surface area contributed by atoms with Gasteiger partial charge >= 0.3 is 0 Å². The molecule has 1 atom stereocenters. The molecule has 0 aliphatic rings. The fraction of sp³-hybridized carbons (Fsp3) is 0.833. The molecule has 0 heterocycles. The van der Waals surface area contributed by atoms with E-state index < -0.39 is 5.91 Å². The van der Waals surface area contributed by atoms with Crippen LogP contribution in [0.3, 0.4) is 0 Å². The van der Waals surface area contributed by atoms with Crippen LogP contribution in [0.1, 0.15) is 45.4 Å². The molecule has 0 rings (SSSR count). The van der Waals surface area contributed by atoms with Crippen molar-refractivity contribution in [1.82, 2.24) is 5.32 Å². The average molecular weight is 241 g/mol. The van der Waals surface area contributed by atoms with Gasteiger partial charge in [0.05, 0.1) is 6.04 Å². The van der Waals surface area contributed by atoms with E-state index in [0.717, 1.165) is 38.6 Å². The normalized spacial score (nSPS) is 11.9. The number of nitrogens with two attached hydrogens (primary N) is 1. The van der Waals surface area contributed by atoms with Crippen LogP contribution in [0, 0.1) is 0 Å². The zero-order chi connectivity index (χ0) is 12.9. The van der Waals surface area contributed by atoms with Crippen LogP contribution >= 0.6 is 0 Å². The van der Waals surface area contributed by atoms with Crippen molar-refractivity contribution < 1.29 is 9.59 Å². The third kappa shape index (κ3) is 8.74. The van der Waals surface area contributed by atoms with Gasteiger partial charge in [-0.15, -0.1) is 4.99 Å². The number of nitrogens with zero attached hydrogens (tertiary/aromatic N) is 1. The maximum atomic E-state index is 11.5. The van der Waals surface area contributed by atoms with Crippen molar-refractivity contribution >= 4 is 12.0 Å². The quantitative estimate of drug-likeness (QED) is 0.341. The van der Waals surface area contributed by atoms with E-state index >= 15 is 0 Å². The number of amides is 1. The van der Waals surface area contributed by atoms with E-state index in [1.54, 1.807) is 0 Å². The van der Waals surface area contributed by atoms with Crippen molar-refractivity contribution in [2.24, 2.45) is 10.7 Å². The first kappa shape index (κ1) is 16.0. The smallest absolute Gasteiger partial charge is 0.273 e.